The van der Waals surface area contributed by atoms with Crippen molar-refractivity contribution in [1.82, 2.24) is 0 Å². The molecule has 0 radical (unpaired) electrons. The van der Waals surface area contributed by atoms with Crippen molar-refractivity contribution in [1.29, 1.82) is 0 Å². The molecule has 0 heterocycles. The number of hydrogen-bond donors (Lipinski definition) is 1. The Balaban J connectivity index is 2.09. The molecular formula is C15H23NO. The summed E-state index contributed by atoms with van der Waals surface area (Å²) in [4.78, 5) is 0. The molecule has 1 aromatic rings. The summed E-state index contributed by atoms with van der Waals surface area (Å²) >= 11 is 0. The summed E-state index contributed by atoms with van der Waals surface area (Å²) in [6.07, 6.45) is 3.84. The van der Waals surface area contributed by atoms with Crippen LogP contribution in [0.1, 0.15) is 36.0 Å². The largest absolute Gasteiger partial charge is 0.490 e. The number of nitrogens with two attached hydrogens (primary N) is 1. The zero-order valence-electron chi connectivity index (χ0n) is 11.1. The van der Waals surface area contributed by atoms with Crippen molar-refractivity contribution in [3.05, 3.63) is 28.8 Å². The molecule has 0 bridgehead atoms. The topological polar surface area (TPSA) is 35.2 Å². The summed E-state index contributed by atoms with van der Waals surface area (Å²) in [7, 11) is 0. The van der Waals surface area contributed by atoms with Crippen molar-refractivity contribution >= 4 is 0 Å². The van der Waals surface area contributed by atoms with E-state index in [1.54, 1.807) is 0 Å². The fourth-order valence-electron chi connectivity index (χ4n) is 2.87. The van der Waals surface area contributed by atoms with E-state index in [4.69, 9.17) is 10.5 Å². The van der Waals surface area contributed by atoms with Crippen LogP contribution in [0.2, 0.25) is 0 Å². The Bertz CT molecular complexity index is 377. The Morgan fingerprint density at radius 1 is 1.18 bits per heavy atom. The minimum absolute atomic E-state index is 0.364. The van der Waals surface area contributed by atoms with E-state index < -0.39 is 0 Å². The fourth-order valence-corrected chi connectivity index (χ4v) is 2.87. The molecule has 2 atom stereocenters. The summed E-state index contributed by atoms with van der Waals surface area (Å²) in [5.41, 5.74) is 9.52. The highest BCUT2D eigenvalue weighted by Gasteiger charge is 2.25. The van der Waals surface area contributed by atoms with Gasteiger partial charge in [0.05, 0.1) is 6.10 Å². The van der Waals surface area contributed by atoms with Gasteiger partial charge in [-0.15, -0.1) is 0 Å². The third kappa shape index (κ3) is 2.81. The molecule has 2 nitrogen and oxygen atoms in total. The molecule has 0 amide bonds. The minimum Gasteiger partial charge on any atom is -0.490 e. The van der Waals surface area contributed by atoms with Crippen molar-refractivity contribution in [3.63, 3.8) is 0 Å². The lowest BCUT2D eigenvalue weighted by Crippen LogP contribution is -2.16. The van der Waals surface area contributed by atoms with E-state index in [2.05, 4.69) is 32.9 Å². The highest BCUT2D eigenvalue weighted by Crippen LogP contribution is 2.32. The zero-order chi connectivity index (χ0) is 12.4. The lowest BCUT2D eigenvalue weighted by atomic mass is 10.1. The summed E-state index contributed by atoms with van der Waals surface area (Å²) in [6.45, 7) is 7.19. The van der Waals surface area contributed by atoms with E-state index in [0.29, 0.717) is 12.0 Å². The van der Waals surface area contributed by atoms with Gasteiger partial charge in [-0.3, -0.25) is 0 Å². The molecule has 1 saturated carbocycles. The Kier molecular flexibility index (Phi) is 3.72. The van der Waals surface area contributed by atoms with Crippen LogP contribution >= 0.6 is 0 Å². The standard InChI is InChI=1S/C15H23NO/c1-10-6-11(2)15(12(3)7-10)17-14-5-4-13(8-14)9-16/h6-7,13-14H,4-5,8-9,16H2,1-3H3. The van der Waals surface area contributed by atoms with Crippen molar-refractivity contribution in [2.75, 3.05) is 6.54 Å². The third-order valence-electron chi connectivity index (χ3n) is 3.72. The van der Waals surface area contributed by atoms with Crippen LogP contribution in [-0.2, 0) is 0 Å². The molecule has 1 fully saturated rings. The van der Waals surface area contributed by atoms with E-state index >= 15 is 0 Å². The van der Waals surface area contributed by atoms with Gasteiger partial charge < -0.3 is 10.5 Å². The molecule has 1 aliphatic rings. The molecule has 17 heavy (non-hydrogen) atoms. The van der Waals surface area contributed by atoms with E-state index in [9.17, 15) is 0 Å². The van der Waals surface area contributed by atoms with Gasteiger partial charge >= 0.3 is 0 Å². The molecular weight excluding hydrogens is 210 g/mol. The highest BCUT2D eigenvalue weighted by molar-refractivity contribution is 5.43. The van der Waals surface area contributed by atoms with Crippen LogP contribution in [0.25, 0.3) is 0 Å². The first-order valence-electron chi connectivity index (χ1n) is 6.54. The molecule has 0 spiro atoms. The van der Waals surface area contributed by atoms with Crippen molar-refractivity contribution in [3.8, 4) is 5.75 Å². The van der Waals surface area contributed by atoms with Gasteiger partial charge in [0, 0.05) is 0 Å². The van der Waals surface area contributed by atoms with Crippen LogP contribution in [0.15, 0.2) is 12.1 Å². The maximum Gasteiger partial charge on any atom is 0.125 e. The monoisotopic (exact) mass is 233 g/mol. The minimum atomic E-state index is 0.364. The van der Waals surface area contributed by atoms with E-state index in [1.165, 1.54) is 23.1 Å². The first kappa shape index (κ1) is 12.4. The molecule has 0 aromatic heterocycles. The number of hydrogen-bond acceptors (Lipinski definition) is 2. The van der Waals surface area contributed by atoms with E-state index in [1.807, 2.05) is 0 Å². The fraction of sp³-hybridized carbons (Fsp3) is 0.600. The van der Waals surface area contributed by atoms with Crippen LogP contribution < -0.4 is 10.5 Å². The first-order valence-corrected chi connectivity index (χ1v) is 6.54. The SMILES string of the molecule is Cc1cc(C)c(OC2CCC(CN)C2)c(C)c1. The molecule has 0 saturated heterocycles. The lowest BCUT2D eigenvalue weighted by molar-refractivity contribution is 0.202. The van der Waals surface area contributed by atoms with Gasteiger partial charge in [0.25, 0.3) is 0 Å². The average Bonchev–Trinajstić information content (AvgIpc) is 2.71. The van der Waals surface area contributed by atoms with Crippen molar-refractivity contribution in [2.24, 2.45) is 11.7 Å². The molecule has 1 aliphatic carbocycles. The summed E-state index contributed by atoms with van der Waals surface area (Å²) in [5.74, 6) is 1.74. The summed E-state index contributed by atoms with van der Waals surface area (Å²) < 4.78 is 6.17. The average molecular weight is 233 g/mol. The normalized spacial score (nSPS) is 24.0. The van der Waals surface area contributed by atoms with Gasteiger partial charge in [-0.1, -0.05) is 17.7 Å². The molecule has 94 valence electrons. The maximum absolute atomic E-state index is 6.17. The third-order valence-corrected chi connectivity index (χ3v) is 3.72. The maximum atomic E-state index is 6.17. The Morgan fingerprint density at radius 3 is 2.35 bits per heavy atom. The van der Waals surface area contributed by atoms with Crippen molar-refractivity contribution < 1.29 is 4.74 Å². The van der Waals surface area contributed by atoms with Gasteiger partial charge in [0.15, 0.2) is 0 Å². The van der Waals surface area contributed by atoms with Gasteiger partial charge in [-0.25, -0.2) is 0 Å². The van der Waals surface area contributed by atoms with Gasteiger partial charge in [-0.05, 0) is 63.6 Å². The van der Waals surface area contributed by atoms with Crippen LogP contribution in [0.5, 0.6) is 5.75 Å². The predicted molar refractivity (Wildman–Crippen MR) is 71.5 cm³/mol. The smallest absolute Gasteiger partial charge is 0.125 e. The van der Waals surface area contributed by atoms with Gasteiger partial charge in [-0.2, -0.15) is 0 Å². The van der Waals surface area contributed by atoms with E-state index in [-0.39, 0.29) is 0 Å². The second kappa shape index (κ2) is 5.09. The highest BCUT2D eigenvalue weighted by atomic mass is 16.5. The zero-order valence-corrected chi connectivity index (χ0v) is 11.1. The van der Waals surface area contributed by atoms with Crippen LogP contribution in [-0.4, -0.2) is 12.6 Å². The van der Waals surface area contributed by atoms with Crippen LogP contribution in [0.3, 0.4) is 0 Å². The number of rotatable bonds is 3. The predicted octanol–water partition coefficient (Wildman–Crippen LogP) is 3.12. The quantitative estimate of drug-likeness (QED) is 0.870. The number of ether oxygens (including phenoxy) is 1. The number of aryl methyl sites for hydroxylation is 3. The van der Waals surface area contributed by atoms with Gasteiger partial charge in [0.2, 0.25) is 0 Å². The summed E-state index contributed by atoms with van der Waals surface area (Å²) in [6, 6.07) is 4.38. The molecule has 1 aromatic carbocycles. The molecule has 2 rings (SSSR count). The van der Waals surface area contributed by atoms with Crippen LogP contribution in [0, 0.1) is 26.7 Å². The van der Waals surface area contributed by atoms with Crippen molar-refractivity contribution in [2.45, 2.75) is 46.1 Å². The molecule has 2 N–H and O–H groups in total. The molecule has 2 unspecified atom stereocenters. The summed E-state index contributed by atoms with van der Waals surface area (Å²) in [5, 5.41) is 0. The molecule has 0 aliphatic heterocycles. The first-order chi connectivity index (χ1) is 8.10. The Hall–Kier alpha value is -1.02. The molecule has 2 heteroatoms. The second-order valence-electron chi connectivity index (χ2n) is 5.38. The van der Waals surface area contributed by atoms with Crippen LogP contribution in [0.4, 0.5) is 0 Å². The Morgan fingerprint density at radius 2 is 1.82 bits per heavy atom. The lowest BCUT2D eigenvalue weighted by Gasteiger charge is -2.18. The Labute approximate surface area is 104 Å². The van der Waals surface area contributed by atoms with E-state index in [0.717, 1.165) is 25.1 Å². The number of benzene rings is 1. The second-order valence-corrected chi connectivity index (χ2v) is 5.38. The van der Waals surface area contributed by atoms with Gasteiger partial charge in [0.1, 0.15) is 5.75 Å².